The summed E-state index contributed by atoms with van der Waals surface area (Å²) in [5.41, 5.74) is 1.24. The molecular formula is C16H16ClNO3. The SMILES string of the molecule is CC(O)c1ccccc1NC(=O)COc1cccc(Cl)c1. The van der Waals surface area contributed by atoms with E-state index in [1.807, 2.05) is 0 Å². The molecule has 0 heterocycles. The molecule has 0 radical (unpaired) electrons. The molecule has 0 saturated carbocycles. The number of hydrogen-bond donors (Lipinski definition) is 2. The number of amides is 1. The van der Waals surface area contributed by atoms with E-state index in [0.717, 1.165) is 0 Å². The maximum absolute atomic E-state index is 11.9. The molecule has 0 aliphatic rings. The van der Waals surface area contributed by atoms with Gasteiger partial charge in [0.05, 0.1) is 6.10 Å². The van der Waals surface area contributed by atoms with E-state index in [-0.39, 0.29) is 12.5 Å². The van der Waals surface area contributed by atoms with Crippen molar-refractivity contribution in [2.45, 2.75) is 13.0 Å². The third kappa shape index (κ3) is 4.48. The largest absolute Gasteiger partial charge is 0.484 e. The fraction of sp³-hybridized carbons (Fsp3) is 0.188. The van der Waals surface area contributed by atoms with Gasteiger partial charge in [0.1, 0.15) is 5.75 Å². The summed E-state index contributed by atoms with van der Waals surface area (Å²) in [5, 5.41) is 12.9. The lowest BCUT2D eigenvalue weighted by Crippen LogP contribution is -2.21. The lowest BCUT2D eigenvalue weighted by atomic mass is 10.1. The summed E-state index contributed by atoms with van der Waals surface area (Å²) in [5.74, 6) is 0.226. The standard InChI is InChI=1S/C16H16ClNO3/c1-11(19)14-7-2-3-8-15(14)18-16(20)10-21-13-6-4-5-12(17)9-13/h2-9,11,19H,10H2,1H3,(H,18,20). The Bertz CT molecular complexity index is 628. The molecule has 21 heavy (non-hydrogen) atoms. The van der Waals surface area contributed by atoms with E-state index in [0.29, 0.717) is 22.0 Å². The zero-order valence-electron chi connectivity index (χ0n) is 11.5. The van der Waals surface area contributed by atoms with Crippen LogP contribution in [0.2, 0.25) is 5.02 Å². The Kier molecular flexibility index (Phi) is 5.20. The van der Waals surface area contributed by atoms with E-state index in [9.17, 15) is 9.90 Å². The third-order valence-corrected chi connectivity index (χ3v) is 3.09. The van der Waals surface area contributed by atoms with Crippen LogP contribution < -0.4 is 10.1 Å². The van der Waals surface area contributed by atoms with Crippen molar-refractivity contribution in [2.75, 3.05) is 11.9 Å². The average Bonchev–Trinajstić information content (AvgIpc) is 2.45. The molecule has 2 aromatic rings. The van der Waals surface area contributed by atoms with Gasteiger partial charge >= 0.3 is 0 Å². The number of rotatable bonds is 5. The van der Waals surface area contributed by atoms with Crippen molar-refractivity contribution in [1.29, 1.82) is 0 Å². The minimum atomic E-state index is -0.657. The fourth-order valence-corrected chi connectivity index (χ4v) is 2.05. The summed E-state index contributed by atoms with van der Waals surface area (Å²) in [4.78, 5) is 11.9. The molecule has 5 heteroatoms. The summed E-state index contributed by atoms with van der Waals surface area (Å²) >= 11 is 5.84. The number of benzene rings is 2. The van der Waals surface area contributed by atoms with Crippen molar-refractivity contribution >= 4 is 23.2 Å². The third-order valence-electron chi connectivity index (χ3n) is 2.85. The minimum absolute atomic E-state index is 0.130. The second-order valence-electron chi connectivity index (χ2n) is 4.56. The van der Waals surface area contributed by atoms with Gasteiger partial charge in [-0.25, -0.2) is 0 Å². The molecule has 0 saturated heterocycles. The van der Waals surface area contributed by atoms with E-state index in [1.165, 1.54) is 0 Å². The van der Waals surface area contributed by atoms with Crippen LogP contribution in [0.1, 0.15) is 18.6 Å². The molecule has 4 nitrogen and oxygen atoms in total. The number of ether oxygens (including phenoxy) is 1. The predicted octanol–water partition coefficient (Wildman–Crippen LogP) is 3.41. The van der Waals surface area contributed by atoms with Crippen LogP contribution in [0.5, 0.6) is 5.75 Å². The average molecular weight is 306 g/mol. The first kappa shape index (κ1) is 15.4. The molecule has 110 valence electrons. The molecule has 1 amide bonds. The number of hydrogen-bond acceptors (Lipinski definition) is 3. The van der Waals surface area contributed by atoms with Crippen molar-refractivity contribution in [2.24, 2.45) is 0 Å². The molecular weight excluding hydrogens is 290 g/mol. The summed E-state index contributed by atoms with van der Waals surface area (Å²) in [6.45, 7) is 1.52. The number of anilines is 1. The van der Waals surface area contributed by atoms with Gasteiger partial charge in [0.2, 0.25) is 0 Å². The number of halogens is 1. The van der Waals surface area contributed by atoms with Crippen LogP contribution in [0.4, 0.5) is 5.69 Å². The van der Waals surface area contributed by atoms with Gasteiger partial charge in [0.15, 0.2) is 6.61 Å². The van der Waals surface area contributed by atoms with Crippen molar-refractivity contribution < 1.29 is 14.6 Å². The quantitative estimate of drug-likeness (QED) is 0.890. The van der Waals surface area contributed by atoms with Gasteiger partial charge in [0, 0.05) is 16.3 Å². The molecule has 0 spiro atoms. The van der Waals surface area contributed by atoms with Crippen LogP contribution in [-0.4, -0.2) is 17.6 Å². The molecule has 0 aliphatic heterocycles. The Hall–Kier alpha value is -2.04. The first-order valence-corrected chi connectivity index (χ1v) is 6.89. The maximum Gasteiger partial charge on any atom is 0.262 e. The summed E-state index contributed by atoms with van der Waals surface area (Å²) in [7, 11) is 0. The topological polar surface area (TPSA) is 58.6 Å². The summed E-state index contributed by atoms with van der Waals surface area (Å²) in [6.07, 6.45) is -0.657. The maximum atomic E-state index is 11.9. The second-order valence-corrected chi connectivity index (χ2v) is 4.99. The summed E-state index contributed by atoms with van der Waals surface area (Å²) < 4.78 is 5.36. The van der Waals surface area contributed by atoms with Gasteiger partial charge in [-0.3, -0.25) is 4.79 Å². The first-order chi connectivity index (χ1) is 10.1. The Morgan fingerprint density at radius 1 is 1.29 bits per heavy atom. The van der Waals surface area contributed by atoms with Crippen molar-refractivity contribution in [3.8, 4) is 5.75 Å². The highest BCUT2D eigenvalue weighted by Crippen LogP contribution is 2.22. The molecule has 2 N–H and O–H groups in total. The first-order valence-electron chi connectivity index (χ1n) is 6.51. The van der Waals surface area contributed by atoms with Gasteiger partial charge in [-0.1, -0.05) is 35.9 Å². The van der Waals surface area contributed by atoms with Crippen LogP contribution in [0, 0.1) is 0 Å². The highest BCUT2D eigenvalue weighted by molar-refractivity contribution is 6.30. The molecule has 1 unspecified atom stereocenters. The minimum Gasteiger partial charge on any atom is -0.484 e. The van der Waals surface area contributed by atoms with Gasteiger partial charge in [-0.05, 0) is 31.2 Å². The lowest BCUT2D eigenvalue weighted by molar-refractivity contribution is -0.118. The highest BCUT2D eigenvalue weighted by atomic mass is 35.5. The van der Waals surface area contributed by atoms with Crippen molar-refractivity contribution in [1.82, 2.24) is 0 Å². The smallest absolute Gasteiger partial charge is 0.262 e. The Labute approximate surface area is 128 Å². The number of carbonyl (C=O) groups excluding carboxylic acids is 1. The number of nitrogens with one attached hydrogen (secondary N) is 1. The Morgan fingerprint density at radius 2 is 2.05 bits per heavy atom. The number of carbonyl (C=O) groups is 1. The van der Waals surface area contributed by atoms with Gasteiger partial charge in [0.25, 0.3) is 5.91 Å². The lowest BCUT2D eigenvalue weighted by Gasteiger charge is -2.13. The van der Waals surface area contributed by atoms with E-state index in [4.69, 9.17) is 16.3 Å². The van der Waals surface area contributed by atoms with E-state index in [2.05, 4.69) is 5.32 Å². The second kappa shape index (κ2) is 7.11. The van der Waals surface area contributed by atoms with Crippen molar-refractivity contribution in [3.05, 3.63) is 59.1 Å². The molecule has 1 atom stereocenters. The zero-order valence-corrected chi connectivity index (χ0v) is 12.3. The van der Waals surface area contributed by atoms with E-state index in [1.54, 1.807) is 55.5 Å². The molecule has 0 aromatic heterocycles. The highest BCUT2D eigenvalue weighted by Gasteiger charge is 2.10. The van der Waals surface area contributed by atoms with Gasteiger partial charge < -0.3 is 15.2 Å². The zero-order chi connectivity index (χ0) is 15.2. The Morgan fingerprint density at radius 3 is 2.76 bits per heavy atom. The molecule has 0 aliphatic carbocycles. The molecule has 2 aromatic carbocycles. The van der Waals surface area contributed by atoms with Crippen LogP contribution in [0.3, 0.4) is 0 Å². The van der Waals surface area contributed by atoms with Crippen LogP contribution in [0.25, 0.3) is 0 Å². The fourth-order valence-electron chi connectivity index (χ4n) is 1.87. The normalized spacial score (nSPS) is 11.8. The van der Waals surface area contributed by atoms with Gasteiger partial charge in [-0.15, -0.1) is 0 Å². The Balaban J connectivity index is 1.96. The number of para-hydroxylation sites is 1. The molecule has 0 fully saturated rings. The summed E-state index contributed by atoms with van der Waals surface area (Å²) in [6, 6.07) is 13.9. The van der Waals surface area contributed by atoms with Crippen LogP contribution in [-0.2, 0) is 4.79 Å². The molecule has 2 rings (SSSR count). The van der Waals surface area contributed by atoms with Crippen LogP contribution >= 0.6 is 11.6 Å². The van der Waals surface area contributed by atoms with Gasteiger partial charge in [-0.2, -0.15) is 0 Å². The monoisotopic (exact) mass is 305 g/mol. The number of aliphatic hydroxyl groups excluding tert-OH is 1. The van der Waals surface area contributed by atoms with E-state index >= 15 is 0 Å². The predicted molar refractivity (Wildman–Crippen MR) is 82.7 cm³/mol. The van der Waals surface area contributed by atoms with E-state index < -0.39 is 6.10 Å². The van der Waals surface area contributed by atoms with Crippen molar-refractivity contribution in [3.63, 3.8) is 0 Å². The molecule has 0 bridgehead atoms. The van der Waals surface area contributed by atoms with Crippen LogP contribution in [0.15, 0.2) is 48.5 Å². The number of aliphatic hydroxyl groups is 1.